The summed E-state index contributed by atoms with van der Waals surface area (Å²) in [5.74, 6) is 1.41. The van der Waals surface area contributed by atoms with Gasteiger partial charge < -0.3 is 9.64 Å². The van der Waals surface area contributed by atoms with Crippen molar-refractivity contribution >= 4 is 17.3 Å². The second kappa shape index (κ2) is 7.46. The van der Waals surface area contributed by atoms with E-state index in [1.165, 1.54) is 0 Å². The smallest absolute Gasteiger partial charge is 0.228 e. The van der Waals surface area contributed by atoms with Crippen LogP contribution in [0.1, 0.15) is 18.4 Å². The van der Waals surface area contributed by atoms with E-state index in [-0.39, 0.29) is 0 Å². The number of rotatable bonds is 6. The number of anilines is 1. The first kappa shape index (κ1) is 15.1. The molecule has 2 aromatic rings. The Balaban J connectivity index is 1.54. The average molecular weight is 320 g/mol. The monoisotopic (exact) mass is 320 g/mol. The molecule has 1 fully saturated rings. The predicted octanol–water partition coefficient (Wildman–Crippen LogP) is 1.44. The van der Waals surface area contributed by atoms with Crippen LogP contribution in [0.4, 0.5) is 5.95 Å². The molecule has 0 saturated carbocycles. The lowest BCUT2D eigenvalue weighted by Gasteiger charge is -2.34. The minimum atomic E-state index is 0.656. The van der Waals surface area contributed by atoms with Gasteiger partial charge in [-0.2, -0.15) is 4.98 Å². The van der Waals surface area contributed by atoms with Crippen LogP contribution in [0.25, 0.3) is 0 Å². The molecular weight excluding hydrogens is 300 g/mol. The van der Waals surface area contributed by atoms with E-state index in [4.69, 9.17) is 4.74 Å². The maximum atomic E-state index is 5.58. The van der Waals surface area contributed by atoms with Crippen LogP contribution < -0.4 is 9.64 Å². The molecule has 0 atom stereocenters. The number of nitrogens with zero attached hydrogens (tertiary/aromatic N) is 6. The fourth-order valence-corrected chi connectivity index (χ4v) is 2.90. The van der Waals surface area contributed by atoms with Crippen LogP contribution >= 0.6 is 11.3 Å². The molecule has 0 unspecified atom stereocenters. The van der Waals surface area contributed by atoms with Crippen molar-refractivity contribution < 1.29 is 4.74 Å². The van der Waals surface area contributed by atoms with Crippen LogP contribution in [0.5, 0.6) is 5.88 Å². The standard InChI is InChI=1S/C14H20N6OS/c1-2-9-21-12-3-4-15-14(17-12)20-7-5-19(6-8-20)10-13-18-16-11-22-13/h3-4,11H,2,5-10H2,1H3. The Kier molecular flexibility index (Phi) is 5.12. The predicted molar refractivity (Wildman–Crippen MR) is 85.2 cm³/mol. The Labute approximate surface area is 134 Å². The van der Waals surface area contributed by atoms with Gasteiger partial charge >= 0.3 is 0 Å². The first-order chi connectivity index (χ1) is 10.8. The third kappa shape index (κ3) is 3.89. The Morgan fingerprint density at radius 2 is 2.14 bits per heavy atom. The number of aromatic nitrogens is 4. The van der Waals surface area contributed by atoms with Crippen LogP contribution in [0.15, 0.2) is 17.8 Å². The first-order valence-corrected chi connectivity index (χ1v) is 8.41. The van der Waals surface area contributed by atoms with Gasteiger partial charge in [-0.05, 0) is 6.42 Å². The van der Waals surface area contributed by atoms with Crippen molar-refractivity contribution in [2.75, 3.05) is 37.7 Å². The zero-order valence-corrected chi connectivity index (χ0v) is 13.5. The highest BCUT2D eigenvalue weighted by Gasteiger charge is 2.20. The molecule has 2 aromatic heterocycles. The van der Waals surface area contributed by atoms with Crippen molar-refractivity contribution in [3.05, 3.63) is 22.8 Å². The van der Waals surface area contributed by atoms with E-state index in [2.05, 4.69) is 36.9 Å². The second-order valence-electron chi connectivity index (χ2n) is 5.14. The van der Waals surface area contributed by atoms with Gasteiger partial charge in [-0.25, -0.2) is 4.98 Å². The first-order valence-electron chi connectivity index (χ1n) is 7.53. The van der Waals surface area contributed by atoms with Crippen molar-refractivity contribution in [3.63, 3.8) is 0 Å². The molecule has 1 aliphatic rings. The van der Waals surface area contributed by atoms with Crippen molar-refractivity contribution in [2.45, 2.75) is 19.9 Å². The minimum Gasteiger partial charge on any atom is -0.478 e. The molecule has 22 heavy (non-hydrogen) atoms. The van der Waals surface area contributed by atoms with Gasteiger partial charge in [-0.1, -0.05) is 6.92 Å². The number of piperazine rings is 1. The molecule has 3 heterocycles. The normalized spacial score (nSPS) is 16.0. The van der Waals surface area contributed by atoms with Gasteiger partial charge in [0, 0.05) is 38.4 Å². The minimum absolute atomic E-state index is 0.656. The molecule has 118 valence electrons. The molecule has 3 rings (SSSR count). The van der Waals surface area contributed by atoms with Crippen molar-refractivity contribution in [2.24, 2.45) is 0 Å². The van der Waals surface area contributed by atoms with Crippen molar-refractivity contribution in [1.29, 1.82) is 0 Å². The zero-order valence-electron chi connectivity index (χ0n) is 12.7. The highest BCUT2D eigenvalue weighted by Crippen LogP contribution is 2.16. The molecule has 1 saturated heterocycles. The third-order valence-corrected chi connectivity index (χ3v) is 4.17. The van der Waals surface area contributed by atoms with Gasteiger partial charge in [0.05, 0.1) is 13.2 Å². The lowest BCUT2D eigenvalue weighted by molar-refractivity contribution is 0.247. The van der Waals surface area contributed by atoms with Crippen LogP contribution in [-0.2, 0) is 6.54 Å². The van der Waals surface area contributed by atoms with Crippen LogP contribution in [0.2, 0.25) is 0 Å². The van der Waals surface area contributed by atoms with Gasteiger partial charge in [0.2, 0.25) is 11.8 Å². The summed E-state index contributed by atoms with van der Waals surface area (Å²) in [7, 11) is 0. The lowest BCUT2D eigenvalue weighted by Crippen LogP contribution is -2.46. The van der Waals surface area contributed by atoms with Gasteiger partial charge in [0.25, 0.3) is 0 Å². The number of ether oxygens (including phenoxy) is 1. The summed E-state index contributed by atoms with van der Waals surface area (Å²) in [6.07, 6.45) is 2.74. The van der Waals surface area contributed by atoms with Crippen LogP contribution in [-0.4, -0.2) is 57.9 Å². The molecule has 0 aliphatic carbocycles. The average Bonchev–Trinajstić information content (AvgIpc) is 3.07. The van der Waals surface area contributed by atoms with E-state index < -0.39 is 0 Å². The summed E-state index contributed by atoms with van der Waals surface area (Å²) in [6, 6.07) is 1.81. The summed E-state index contributed by atoms with van der Waals surface area (Å²) < 4.78 is 5.58. The summed E-state index contributed by atoms with van der Waals surface area (Å²) in [5.41, 5.74) is 1.78. The van der Waals surface area contributed by atoms with Gasteiger partial charge in [-0.15, -0.1) is 21.5 Å². The molecule has 0 spiro atoms. The molecule has 8 heteroatoms. The van der Waals surface area contributed by atoms with E-state index in [9.17, 15) is 0 Å². The van der Waals surface area contributed by atoms with E-state index >= 15 is 0 Å². The summed E-state index contributed by atoms with van der Waals surface area (Å²) >= 11 is 1.60. The molecule has 0 bridgehead atoms. The Bertz CT molecular complexity index is 570. The van der Waals surface area contributed by atoms with E-state index in [1.807, 2.05) is 6.07 Å². The lowest BCUT2D eigenvalue weighted by atomic mass is 10.3. The topological polar surface area (TPSA) is 67.3 Å². The third-order valence-electron chi connectivity index (χ3n) is 3.49. The summed E-state index contributed by atoms with van der Waals surface area (Å²) in [4.78, 5) is 13.4. The molecule has 0 amide bonds. The second-order valence-corrected chi connectivity index (χ2v) is 6.06. The van der Waals surface area contributed by atoms with E-state index in [0.29, 0.717) is 12.5 Å². The Morgan fingerprint density at radius 1 is 1.27 bits per heavy atom. The summed E-state index contributed by atoms with van der Waals surface area (Å²) in [5, 5.41) is 9.05. The molecule has 0 aromatic carbocycles. The van der Waals surface area contributed by atoms with Crippen molar-refractivity contribution in [1.82, 2.24) is 25.1 Å². The van der Waals surface area contributed by atoms with E-state index in [1.54, 1.807) is 23.0 Å². The summed E-state index contributed by atoms with van der Waals surface area (Å²) in [6.45, 7) is 7.42. The van der Waals surface area contributed by atoms with E-state index in [0.717, 1.165) is 50.1 Å². The Morgan fingerprint density at radius 3 is 2.86 bits per heavy atom. The van der Waals surface area contributed by atoms with Crippen molar-refractivity contribution in [3.8, 4) is 5.88 Å². The molecular formula is C14H20N6OS. The number of hydrogen-bond donors (Lipinski definition) is 0. The Hall–Kier alpha value is -1.80. The maximum absolute atomic E-state index is 5.58. The van der Waals surface area contributed by atoms with Crippen LogP contribution in [0, 0.1) is 0 Å². The zero-order chi connectivity index (χ0) is 15.2. The van der Waals surface area contributed by atoms with Crippen LogP contribution in [0.3, 0.4) is 0 Å². The fraction of sp³-hybridized carbons (Fsp3) is 0.571. The molecule has 0 radical (unpaired) electrons. The fourth-order valence-electron chi connectivity index (χ4n) is 2.33. The van der Waals surface area contributed by atoms with Gasteiger partial charge in [-0.3, -0.25) is 4.90 Å². The molecule has 1 aliphatic heterocycles. The maximum Gasteiger partial charge on any atom is 0.228 e. The van der Waals surface area contributed by atoms with Gasteiger partial charge in [0.1, 0.15) is 10.5 Å². The van der Waals surface area contributed by atoms with Gasteiger partial charge in [0.15, 0.2) is 0 Å². The SMILES string of the molecule is CCCOc1ccnc(N2CCN(Cc3nncs3)CC2)n1. The largest absolute Gasteiger partial charge is 0.478 e. The highest BCUT2D eigenvalue weighted by atomic mass is 32.1. The molecule has 7 nitrogen and oxygen atoms in total. The number of hydrogen-bond acceptors (Lipinski definition) is 8. The molecule has 0 N–H and O–H groups in total. The highest BCUT2D eigenvalue weighted by molar-refractivity contribution is 7.09. The quantitative estimate of drug-likeness (QED) is 0.798.